The monoisotopic (exact) mass is 271 g/mol. The molecular weight excluding hydrogens is 250 g/mol. The van der Waals surface area contributed by atoms with Crippen LogP contribution in [0.3, 0.4) is 0 Å². The zero-order valence-corrected chi connectivity index (χ0v) is 11.8. The molecule has 0 aromatic carbocycles. The predicted molar refractivity (Wildman–Crippen MR) is 70.7 cm³/mol. The number of ether oxygens (including phenoxy) is 2. The Kier molecular flexibility index (Phi) is 5.49. The number of nitrogens with one attached hydrogen (secondary N) is 1. The van der Waals surface area contributed by atoms with Crippen LogP contribution in [0, 0.1) is 12.8 Å². The van der Waals surface area contributed by atoms with E-state index in [9.17, 15) is 0 Å². The second kappa shape index (κ2) is 7.13. The zero-order chi connectivity index (χ0) is 12.8. The molecule has 1 fully saturated rings. The maximum absolute atomic E-state index is 5.41. The lowest BCUT2D eigenvalue weighted by molar-refractivity contribution is 0.0372. The Morgan fingerprint density at radius 3 is 2.83 bits per heavy atom. The van der Waals surface area contributed by atoms with Crippen LogP contribution in [0.5, 0.6) is 0 Å². The summed E-state index contributed by atoms with van der Waals surface area (Å²) < 4.78 is 10.7. The Balaban J connectivity index is 1.85. The largest absolute Gasteiger partial charge is 0.383 e. The molecule has 0 spiro atoms. The van der Waals surface area contributed by atoms with Gasteiger partial charge in [0.2, 0.25) is 0 Å². The first-order chi connectivity index (χ1) is 8.79. The molecular formula is C12H21N3O2S. The first-order valence-electron chi connectivity index (χ1n) is 6.38. The van der Waals surface area contributed by atoms with Gasteiger partial charge in [-0.05, 0) is 25.7 Å². The highest BCUT2D eigenvalue weighted by Crippen LogP contribution is 2.19. The standard InChI is InChI=1S/C12H21N3O2S/c1-9-14-15-12(18-9)7-13-11(8-16-2)10-3-5-17-6-4-10/h10-11,13H,3-8H2,1-2H3. The topological polar surface area (TPSA) is 56.3 Å². The third kappa shape index (κ3) is 3.98. The van der Waals surface area contributed by atoms with Crippen LogP contribution in [0.15, 0.2) is 0 Å². The molecule has 18 heavy (non-hydrogen) atoms. The lowest BCUT2D eigenvalue weighted by Crippen LogP contribution is -2.41. The van der Waals surface area contributed by atoms with Gasteiger partial charge in [-0.2, -0.15) is 0 Å². The molecule has 2 rings (SSSR count). The van der Waals surface area contributed by atoms with Crippen molar-refractivity contribution in [2.45, 2.75) is 32.4 Å². The van der Waals surface area contributed by atoms with Gasteiger partial charge in [0.1, 0.15) is 10.0 Å². The van der Waals surface area contributed by atoms with E-state index in [4.69, 9.17) is 9.47 Å². The Labute approximate surface area is 112 Å². The van der Waals surface area contributed by atoms with Gasteiger partial charge in [-0.1, -0.05) is 0 Å². The number of aryl methyl sites for hydroxylation is 1. The summed E-state index contributed by atoms with van der Waals surface area (Å²) in [5.74, 6) is 0.632. The molecule has 0 bridgehead atoms. The van der Waals surface area contributed by atoms with Crippen molar-refractivity contribution in [1.82, 2.24) is 15.5 Å². The van der Waals surface area contributed by atoms with Crippen molar-refractivity contribution >= 4 is 11.3 Å². The molecule has 1 atom stereocenters. The summed E-state index contributed by atoms with van der Waals surface area (Å²) in [5.41, 5.74) is 0. The van der Waals surface area contributed by atoms with E-state index in [2.05, 4.69) is 15.5 Å². The van der Waals surface area contributed by atoms with Crippen LogP contribution in [-0.2, 0) is 16.0 Å². The molecule has 1 N–H and O–H groups in total. The molecule has 1 aliphatic heterocycles. The van der Waals surface area contributed by atoms with E-state index >= 15 is 0 Å². The average Bonchev–Trinajstić information content (AvgIpc) is 2.81. The third-order valence-electron chi connectivity index (χ3n) is 3.26. The van der Waals surface area contributed by atoms with Gasteiger partial charge in [-0.25, -0.2) is 0 Å². The zero-order valence-electron chi connectivity index (χ0n) is 11.0. The van der Waals surface area contributed by atoms with Crippen LogP contribution in [0.4, 0.5) is 0 Å². The van der Waals surface area contributed by atoms with Gasteiger partial charge in [0.15, 0.2) is 0 Å². The highest BCUT2D eigenvalue weighted by Gasteiger charge is 2.23. The average molecular weight is 271 g/mol. The summed E-state index contributed by atoms with van der Waals surface area (Å²) in [6.07, 6.45) is 2.21. The minimum atomic E-state index is 0.378. The van der Waals surface area contributed by atoms with Crippen LogP contribution in [0.2, 0.25) is 0 Å². The van der Waals surface area contributed by atoms with E-state index in [1.807, 2.05) is 6.92 Å². The molecule has 1 unspecified atom stereocenters. The molecule has 102 valence electrons. The Morgan fingerprint density at radius 1 is 1.44 bits per heavy atom. The summed E-state index contributed by atoms with van der Waals surface area (Å²) in [5, 5.41) is 13.8. The number of methoxy groups -OCH3 is 1. The molecule has 2 heterocycles. The van der Waals surface area contributed by atoms with Gasteiger partial charge >= 0.3 is 0 Å². The van der Waals surface area contributed by atoms with Crippen LogP contribution >= 0.6 is 11.3 Å². The minimum absolute atomic E-state index is 0.378. The van der Waals surface area contributed by atoms with E-state index in [1.165, 1.54) is 0 Å². The molecule has 1 aromatic heterocycles. The van der Waals surface area contributed by atoms with Crippen molar-refractivity contribution in [1.29, 1.82) is 0 Å². The van der Waals surface area contributed by atoms with E-state index in [1.54, 1.807) is 18.4 Å². The van der Waals surface area contributed by atoms with Crippen molar-refractivity contribution in [3.8, 4) is 0 Å². The predicted octanol–water partition coefficient (Wildman–Crippen LogP) is 1.38. The lowest BCUT2D eigenvalue weighted by atomic mass is 9.92. The van der Waals surface area contributed by atoms with Gasteiger partial charge in [0, 0.05) is 26.4 Å². The quantitative estimate of drug-likeness (QED) is 0.847. The second-order valence-electron chi connectivity index (χ2n) is 4.61. The fourth-order valence-electron chi connectivity index (χ4n) is 2.29. The third-order valence-corrected chi connectivity index (χ3v) is 4.10. The summed E-state index contributed by atoms with van der Waals surface area (Å²) in [4.78, 5) is 0. The van der Waals surface area contributed by atoms with E-state index in [0.717, 1.165) is 49.2 Å². The number of hydrogen-bond donors (Lipinski definition) is 1. The van der Waals surface area contributed by atoms with Crippen molar-refractivity contribution in [3.63, 3.8) is 0 Å². The Bertz CT molecular complexity index is 353. The summed E-state index contributed by atoms with van der Waals surface area (Å²) >= 11 is 1.64. The van der Waals surface area contributed by atoms with Crippen LogP contribution in [0.1, 0.15) is 22.9 Å². The minimum Gasteiger partial charge on any atom is -0.383 e. The molecule has 5 nitrogen and oxygen atoms in total. The van der Waals surface area contributed by atoms with Crippen molar-refractivity contribution in [2.75, 3.05) is 26.9 Å². The van der Waals surface area contributed by atoms with Gasteiger partial charge < -0.3 is 14.8 Å². The molecule has 6 heteroatoms. The number of nitrogens with zero attached hydrogens (tertiary/aromatic N) is 2. The Hall–Kier alpha value is -0.560. The first kappa shape index (κ1) is 13.9. The summed E-state index contributed by atoms with van der Waals surface area (Å²) in [6.45, 7) is 5.22. The van der Waals surface area contributed by atoms with Crippen molar-refractivity contribution in [3.05, 3.63) is 10.0 Å². The second-order valence-corrected chi connectivity index (χ2v) is 5.87. The number of aromatic nitrogens is 2. The smallest absolute Gasteiger partial charge is 0.131 e. The number of hydrogen-bond acceptors (Lipinski definition) is 6. The van der Waals surface area contributed by atoms with Gasteiger partial charge in [-0.15, -0.1) is 21.5 Å². The lowest BCUT2D eigenvalue weighted by Gasteiger charge is -2.30. The fraction of sp³-hybridized carbons (Fsp3) is 0.833. The SMILES string of the molecule is COCC(NCc1nnc(C)s1)C1CCOCC1. The van der Waals surface area contributed by atoms with Gasteiger partial charge in [0.05, 0.1) is 13.2 Å². The molecule has 0 radical (unpaired) electrons. The van der Waals surface area contributed by atoms with E-state index in [0.29, 0.717) is 12.0 Å². The van der Waals surface area contributed by atoms with Crippen LogP contribution in [-0.4, -0.2) is 43.2 Å². The molecule has 1 aliphatic rings. The highest BCUT2D eigenvalue weighted by atomic mass is 32.1. The highest BCUT2D eigenvalue weighted by molar-refractivity contribution is 7.11. The summed E-state index contributed by atoms with van der Waals surface area (Å²) in [7, 11) is 1.75. The molecule has 0 amide bonds. The maximum Gasteiger partial charge on any atom is 0.131 e. The first-order valence-corrected chi connectivity index (χ1v) is 7.20. The molecule has 0 aliphatic carbocycles. The van der Waals surface area contributed by atoms with Crippen LogP contribution in [0.25, 0.3) is 0 Å². The van der Waals surface area contributed by atoms with Crippen molar-refractivity contribution < 1.29 is 9.47 Å². The van der Waals surface area contributed by atoms with Gasteiger partial charge in [0.25, 0.3) is 0 Å². The fourth-order valence-corrected chi connectivity index (χ4v) is 2.95. The maximum atomic E-state index is 5.41. The Morgan fingerprint density at radius 2 is 2.22 bits per heavy atom. The molecule has 1 saturated heterocycles. The van der Waals surface area contributed by atoms with Crippen molar-refractivity contribution in [2.24, 2.45) is 5.92 Å². The molecule has 0 saturated carbocycles. The normalized spacial score (nSPS) is 19.0. The van der Waals surface area contributed by atoms with E-state index < -0.39 is 0 Å². The summed E-state index contributed by atoms with van der Waals surface area (Å²) in [6, 6.07) is 0.378. The van der Waals surface area contributed by atoms with E-state index in [-0.39, 0.29) is 0 Å². The van der Waals surface area contributed by atoms with Gasteiger partial charge in [-0.3, -0.25) is 0 Å². The number of rotatable bonds is 6. The molecule has 1 aromatic rings. The van der Waals surface area contributed by atoms with Crippen LogP contribution < -0.4 is 5.32 Å².